The van der Waals surface area contributed by atoms with Crippen LogP contribution in [0.5, 0.6) is 0 Å². The summed E-state index contributed by atoms with van der Waals surface area (Å²) in [5, 5.41) is 6.18. The van der Waals surface area contributed by atoms with Gasteiger partial charge in [0.2, 0.25) is 0 Å². The fourth-order valence-corrected chi connectivity index (χ4v) is 5.07. The predicted molar refractivity (Wildman–Crippen MR) is 133 cm³/mol. The summed E-state index contributed by atoms with van der Waals surface area (Å²) in [6.07, 6.45) is 6.59. The van der Waals surface area contributed by atoms with Gasteiger partial charge >= 0.3 is 0 Å². The van der Waals surface area contributed by atoms with Crippen molar-refractivity contribution in [2.24, 2.45) is 0 Å². The molecule has 6 nitrogen and oxygen atoms in total. The highest BCUT2D eigenvalue weighted by Gasteiger charge is 2.25. The number of likely N-dealkylation sites (tertiary alicyclic amines) is 1. The van der Waals surface area contributed by atoms with Crippen molar-refractivity contribution in [3.05, 3.63) is 83.1 Å². The van der Waals surface area contributed by atoms with Crippen LogP contribution in [0.3, 0.4) is 0 Å². The van der Waals surface area contributed by atoms with E-state index in [4.69, 9.17) is 4.98 Å². The molecule has 5 rings (SSSR count). The second-order valence-corrected chi connectivity index (χ2v) is 9.18. The average molecular weight is 458 g/mol. The molecule has 0 saturated carbocycles. The van der Waals surface area contributed by atoms with Crippen LogP contribution in [0.2, 0.25) is 0 Å². The maximum absolute atomic E-state index is 13.3. The molecule has 7 heteroatoms. The van der Waals surface area contributed by atoms with Crippen LogP contribution in [0.25, 0.3) is 11.4 Å². The minimum Gasteiger partial charge on any atom is -0.342 e. The molecule has 1 saturated heterocycles. The van der Waals surface area contributed by atoms with Gasteiger partial charge < -0.3 is 14.8 Å². The Balaban J connectivity index is 1.46. The van der Waals surface area contributed by atoms with E-state index in [9.17, 15) is 4.79 Å². The van der Waals surface area contributed by atoms with Crippen LogP contribution >= 0.6 is 11.3 Å². The van der Waals surface area contributed by atoms with E-state index in [2.05, 4.69) is 51.4 Å². The molecule has 1 aromatic carbocycles. The van der Waals surface area contributed by atoms with Crippen molar-refractivity contribution in [2.45, 2.75) is 32.7 Å². The molecule has 1 fully saturated rings. The fourth-order valence-electron chi connectivity index (χ4n) is 4.35. The molecule has 1 aliphatic rings. The van der Waals surface area contributed by atoms with Gasteiger partial charge in [-0.3, -0.25) is 9.78 Å². The van der Waals surface area contributed by atoms with E-state index in [1.165, 1.54) is 5.56 Å². The number of pyridine rings is 1. The molecule has 1 aliphatic heterocycles. The van der Waals surface area contributed by atoms with E-state index < -0.39 is 0 Å². The fraction of sp³-hybridized carbons (Fsp3) is 0.269. The first-order valence-corrected chi connectivity index (χ1v) is 12.2. The van der Waals surface area contributed by atoms with Crippen LogP contribution in [0.15, 0.2) is 66.3 Å². The summed E-state index contributed by atoms with van der Waals surface area (Å²) < 4.78 is 2.25. The molecule has 168 valence electrons. The highest BCUT2D eigenvalue weighted by Crippen LogP contribution is 2.31. The van der Waals surface area contributed by atoms with Crippen molar-refractivity contribution < 1.29 is 4.79 Å². The third-order valence-corrected chi connectivity index (χ3v) is 6.89. The van der Waals surface area contributed by atoms with Gasteiger partial charge in [-0.05, 0) is 49.9 Å². The van der Waals surface area contributed by atoms with E-state index in [1.807, 2.05) is 29.2 Å². The SMILES string of the molecule is Cc1c(C(=O)N2CCCC2)cc(-c2csc(Nc3cccnc3)n2)n1CCc1ccccc1. The largest absolute Gasteiger partial charge is 0.342 e. The zero-order valence-electron chi connectivity index (χ0n) is 18.7. The lowest BCUT2D eigenvalue weighted by molar-refractivity contribution is 0.0792. The predicted octanol–water partition coefficient (Wildman–Crippen LogP) is 5.54. The van der Waals surface area contributed by atoms with Crippen molar-refractivity contribution in [1.29, 1.82) is 0 Å². The Morgan fingerprint density at radius 1 is 1.12 bits per heavy atom. The lowest BCUT2D eigenvalue weighted by Gasteiger charge is -2.15. The van der Waals surface area contributed by atoms with Crippen LogP contribution in [-0.2, 0) is 13.0 Å². The van der Waals surface area contributed by atoms with Gasteiger partial charge in [-0.2, -0.15) is 0 Å². The number of carbonyl (C=O) groups is 1. The second kappa shape index (κ2) is 9.58. The molecular weight excluding hydrogens is 430 g/mol. The van der Waals surface area contributed by atoms with Gasteiger partial charge in [0, 0.05) is 36.9 Å². The summed E-state index contributed by atoms with van der Waals surface area (Å²) in [4.78, 5) is 24.2. The normalized spacial score (nSPS) is 13.4. The molecule has 1 amide bonds. The van der Waals surface area contributed by atoms with Crippen LogP contribution in [0.1, 0.15) is 34.5 Å². The molecule has 33 heavy (non-hydrogen) atoms. The summed E-state index contributed by atoms with van der Waals surface area (Å²) in [5.74, 6) is 0.133. The Labute approximate surface area is 197 Å². The lowest BCUT2D eigenvalue weighted by Crippen LogP contribution is -2.28. The molecule has 4 heterocycles. The van der Waals surface area contributed by atoms with Crippen molar-refractivity contribution >= 4 is 28.1 Å². The quantitative estimate of drug-likeness (QED) is 0.396. The Kier molecular flexibility index (Phi) is 6.21. The highest BCUT2D eigenvalue weighted by atomic mass is 32.1. The number of hydrogen-bond donors (Lipinski definition) is 1. The number of rotatable bonds is 7. The van der Waals surface area contributed by atoms with Gasteiger partial charge in [-0.25, -0.2) is 4.98 Å². The molecule has 0 radical (unpaired) electrons. The van der Waals surface area contributed by atoms with Crippen molar-refractivity contribution in [1.82, 2.24) is 19.4 Å². The average Bonchev–Trinajstić information content (AvgIpc) is 3.60. The lowest BCUT2D eigenvalue weighted by atomic mass is 10.1. The highest BCUT2D eigenvalue weighted by molar-refractivity contribution is 7.14. The van der Waals surface area contributed by atoms with Crippen LogP contribution in [0, 0.1) is 6.92 Å². The van der Waals surface area contributed by atoms with Gasteiger partial charge in [0.25, 0.3) is 5.91 Å². The van der Waals surface area contributed by atoms with Crippen LogP contribution in [-0.4, -0.2) is 38.4 Å². The molecular formula is C26H27N5OS. The molecule has 0 unspecified atom stereocenters. The van der Waals surface area contributed by atoms with Crippen LogP contribution < -0.4 is 5.32 Å². The number of nitrogens with zero attached hydrogens (tertiary/aromatic N) is 4. The summed E-state index contributed by atoms with van der Waals surface area (Å²) in [7, 11) is 0. The third kappa shape index (κ3) is 4.68. The number of thiazole rings is 1. The molecule has 0 atom stereocenters. The van der Waals surface area contributed by atoms with Crippen LogP contribution in [0.4, 0.5) is 10.8 Å². The van der Waals surface area contributed by atoms with Crippen molar-refractivity contribution in [3.8, 4) is 11.4 Å². The minimum absolute atomic E-state index is 0.133. The molecule has 0 bridgehead atoms. The van der Waals surface area contributed by atoms with E-state index >= 15 is 0 Å². The maximum atomic E-state index is 13.3. The van der Waals surface area contributed by atoms with E-state index in [-0.39, 0.29) is 5.91 Å². The number of carbonyl (C=O) groups excluding carboxylic acids is 1. The molecule has 4 aromatic rings. The number of anilines is 2. The number of aryl methyl sites for hydroxylation is 1. The standard InChI is InChI=1S/C26H27N5OS/c1-19-22(25(32)30-13-5-6-14-30)16-24(31(19)15-11-20-8-3-2-4-9-20)23-18-33-26(29-23)28-21-10-7-12-27-17-21/h2-4,7-10,12,16-18H,5-6,11,13-15H2,1H3,(H,28,29). The number of benzene rings is 1. The Morgan fingerprint density at radius 3 is 2.70 bits per heavy atom. The first-order valence-electron chi connectivity index (χ1n) is 11.4. The summed E-state index contributed by atoms with van der Waals surface area (Å²) in [6, 6.07) is 16.4. The van der Waals surface area contributed by atoms with Gasteiger partial charge in [-0.15, -0.1) is 11.3 Å². The number of amides is 1. The Hall–Kier alpha value is -3.45. The summed E-state index contributed by atoms with van der Waals surface area (Å²) in [6.45, 7) is 4.54. The van der Waals surface area contributed by atoms with Crippen molar-refractivity contribution in [3.63, 3.8) is 0 Å². The topological polar surface area (TPSA) is 63.1 Å². The molecule has 0 spiro atoms. The van der Waals surface area contributed by atoms with Gasteiger partial charge in [0.05, 0.1) is 28.8 Å². The maximum Gasteiger partial charge on any atom is 0.255 e. The van der Waals surface area contributed by atoms with Gasteiger partial charge in [-0.1, -0.05) is 30.3 Å². The first kappa shape index (κ1) is 21.4. The number of nitrogens with one attached hydrogen (secondary N) is 1. The first-order chi connectivity index (χ1) is 16.2. The Morgan fingerprint density at radius 2 is 1.94 bits per heavy atom. The van der Waals surface area contributed by atoms with Gasteiger partial charge in [0.15, 0.2) is 5.13 Å². The summed E-state index contributed by atoms with van der Waals surface area (Å²) >= 11 is 1.55. The summed E-state index contributed by atoms with van der Waals surface area (Å²) in [5.41, 5.74) is 5.84. The monoisotopic (exact) mass is 457 g/mol. The van der Waals surface area contributed by atoms with Crippen molar-refractivity contribution in [2.75, 3.05) is 18.4 Å². The minimum atomic E-state index is 0.133. The number of aromatic nitrogens is 3. The molecule has 0 aliphatic carbocycles. The zero-order chi connectivity index (χ0) is 22.6. The Bertz CT molecular complexity index is 1230. The van der Waals surface area contributed by atoms with E-state index in [0.29, 0.717) is 0 Å². The second-order valence-electron chi connectivity index (χ2n) is 8.32. The zero-order valence-corrected chi connectivity index (χ0v) is 19.5. The number of hydrogen-bond acceptors (Lipinski definition) is 5. The molecule has 3 aromatic heterocycles. The third-order valence-electron chi connectivity index (χ3n) is 6.14. The van der Waals surface area contributed by atoms with Gasteiger partial charge in [0.1, 0.15) is 0 Å². The molecule has 1 N–H and O–H groups in total. The smallest absolute Gasteiger partial charge is 0.255 e. The van der Waals surface area contributed by atoms with E-state index in [0.717, 1.165) is 72.4 Å². The van der Waals surface area contributed by atoms with E-state index in [1.54, 1.807) is 23.7 Å².